The maximum Gasteiger partial charge on any atom is 0.336 e. The number of nitrogens with zero attached hydrogens (tertiary/aromatic N) is 1. The first-order valence-electron chi connectivity index (χ1n) is 10.4. The van der Waals surface area contributed by atoms with Crippen molar-refractivity contribution in [2.75, 3.05) is 19.6 Å². The fraction of sp³-hybridized carbons (Fsp3) is 0.500. The number of hydrogen-bond donors (Lipinski definition) is 1. The van der Waals surface area contributed by atoms with Gasteiger partial charge in [-0.15, -0.1) is 0 Å². The average Bonchev–Trinajstić information content (AvgIpc) is 3.11. The van der Waals surface area contributed by atoms with Crippen molar-refractivity contribution < 1.29 is 18.7 Å². The zero-order valence-electron chi connectivity index (χ0n) is 17.3. The number of carbonyl (C=O) groups excluding carboxylic acids is 2. The second-order valence-corrected chi connectivity index (χ2v) is 7.92. The van der Waals surface area contributed by atoms with Crippen molar-refractivity contribution in [1.29, 1.82) is 0 Å². The van der Waals surface area contributed by atoms with E-state index >= 15 is 0 Å². The van der Waals surface area contributed by atoms with Gasteiger partial charge in [-0.25, -0.2) is 4.79 Å². The van der Waals surface area contributed by atoms with E-state index < -0.39 is 11.7 Å². The monoisotopic (exact) mass is 434 g/mol. The normalized spacial score (nSPS) is 14.9. The minimum absolute atomic E-state index is 0.178. The van der Waals surface area contributed by atoms with Crippen LogP contribution in [0.15, 0.2) is 27.4 Å². The van der Waals surface area contributed by atoms with Gasteiger partial charge in [0.15, 0.2) is 6.10 Å². The fourth-order valence-electron chi connectivity index (χ4n) is 3.60. The molecule has 2 heterocycles. The molecule has 3 rings (SSSR count). The van der Waals surface area contributed by atoms with E-state index in [4.69, 9.17) is 20.8 Å². The van der Waals surface area contributed by atoms with Gasteiger partial charge >= 0.3 is 5.63 Å². The number of carbonyl (C=O) groups is 2. The van der Waals surface area contributed by atoms with Crippen molar-refractivity contribution >= 4 is 34.4 Å². The van der Waals surface area contributed by atoms with E-state index in [-0.39, 0.29) is 17.6 Å². The van der Waals surface area contributed by atoms with Crippen molar-refractivity contribution in [3.05, 3.63) is 39.2 Å². The van der Waals surface area contributed by atoms with Crippen LogP contribution >= 0.6 is 11.6 Å². The Morgan fingerprint density at radius 3 is 2.83 bits per heavy atom. The Labute approximate surface area is 180 Å². The second kappa shape index (κ2) is 9.98. The van der Waals surface area contributed by atoms with E-state index in [2.05, 4.69) is 5.32 Å². The van der Waals surface area contributed by atoms with Gasteiger partial charge in [-0.1, -0.05) is 24.9 Å². The number of amides is 2. The molecule has 0 aliphatic carbocycles. The van der Waals surface area contributed by atoms with Crippen molar-refractivity contribution in [1.82, 2.24) is 10.2 Å². The summed E-state index contributed by atoms with van der Waals surface area (Å²) in [7, 11) is 0. The highest BCUT2D eigenvalue weighted by atomic mass is 35.5. The molecule has 0 unspecified atom stereocenters. The maximum atomic E-state index is 12.3. The lowest BCUT2D eigenvalue weighted by molar-refractivity contribution is -0.127. The molecule has 2 aromatic rings. The summed E-state index contributed by atoms with van der Waals surface area (Å²) in [6.07, 6.45) is 3.05. The van der Waals surface area contributed by atoms with Crippen LogP contribution < -0.4 is 15.7 Å². The van der Waals surface area contributed by atoms with Crippen LogP contribution in [-0.4, -0.2) is 42.5 Å². The van der Waals surface area contributed by atoms with Gasteiger partial charge in [-0.2, -0.15) is 0 Å². The summed E-state index contributed by atoms with van der Waals surface area (Å²) in [5.74, 6) is 0.184. The Morgan fingerprint density at radius 2 is 2.13 bits per heavy atom. The van der Waals surface area contributed by atoms with E-state index in [1.165, 1.54) is 6.07 Å². The summed E-state index contributed by atoms with van der Waals surface area (Å²) < 4.78 is 11.0. The van der Waals surface area contributed by atoms with Gasteiger partial charge < -0.3 is 19.4 Å². The lowest BCUT2D eigenvalue weighted by atomic mass is 10.1. The molecule has 1 saturated heterocycles. The molecule has 1 aromatic heterocycles. The number of likely N-dealkylation sites (tertiary alicyclic amines) is 1. The molecule has 30 heavy (non-hydrogen) atoms. The number of fused-ring (bicyclic) bond motifs is 1. The number of halogens is 1. The van der Waals surface area contributed by atoms with Crippen LogP contribution in [0.4, 0.5) is 0 Å². The number of benzene rings is 1. The van der Waals surface area contributed by atoms with Gasteiger partial charge in [0.2, 0.25) is 5.91 Å². The predicted octanol–water partition coefficient (Wildman–Crippen LogP) is 3.29. The highest BCUT2D eigenvalue weighted by Gasteiger charge is 2.20. The molecule has 0 spiro atoms. The average molecular weight is 435 g/mol. The van der Waals surface area contributed by atoms with E-state index in [0.717, 1.165) is 36.8 Å². The summed E-state index contributed by atoms with van der Waals surface area (Å²) in [5.41, 5.74) is 0.828. The number of aryl methyl sites for hydroxylation is 1. The molecule has 1 N–H and O–H groups in total. The third kappa shape index (κ3) is 5.33. The molecular weight excluding hydrogens is 408 g/mol. The molecular formula is C22H27ClN2O5. The Morgan fingerprint density at radius 1 is 1.33 bits per heavy atom. The van der Waals surface area contributed by atoms with E-state index in [9.17, 15) is 14.4 Å². The zero-order chi connectivity index (χ0) is 21.7. The molecule has 0 radical (unpaired) electrons. The smallest absolute Gasteiger partial charge is 0.336 e. The van der Waals surface area contributed by atoms with Crippen LogP contribution in [0.1, 0.15) is 45.1 Å². The first-order valence-corrected chi connectivity index (χ1v) is 10.7. The van der Waals surface area contributed by atoms with Crippen LogP contribution in [-0.2, 0) is 16.0 Å². The number of rotatable bonds is 9. The molecule has 1 aliphatic rings. The van der Waals surface area contributed by atoms with Gasteiger partial charge in [-0.3, -0.25) is 9.59 Å². The molecule has 1 aliphatic heterocycles. The highest BCUT2D eigenvalue weighted by Crippen LogP contribution is 2.32. The largest absolute Gasteiger partial charge is 0.479 e. The van der Waals surface area contributed by atoms with Crippen LogP contribution in [0.5, 0.6) is 5.75 Å². The van der Waals surface area contributed by atoms with E-state index in [1.54, 1.807) is 19.1 Å². The van der Waals surface area contributed by atoms with Crippen molar-refractivity contribution in [2.24, 2.45) is 0 Å². The van der Waals surface area contributed by atoms with Crippen LogP contribution in [0.25, 0.3) is 11.0 Å². The Bertz CT molecular complexity index is 987. The predicted molar refractivity (Wildman–Crippen MR) is 115 cm³/mol. The number of nitrogens with one attached hydrogen (secondary N) is 1. The first kappa shape index (κ1) is 22.2. The Balaban J connectivity index is 1.60. The van der Waals surface area contributed by atoms with E-state index in [0.29, 0.717) is 36.5 Å². The maximum absolute atomic E-state index is 12.3. The molecule has 8 heteroatoms. The standard InChI is InChI=1S/C22H27ClN2O5/c1-3-6-15-11-21(27)30-18-13-19(17(23)12-16(15)18)29-14(2)22(28)24-8-5-10-25-9-4-7-20(25)26/h11-14H,3-10H2,1-2H3,(H,24,28)/t14-/m1/s1. The highest BCUT2D eigenvalue weighted by molar-refractivity contribution is 6.32. The van der Waals surface area contributed by atoms with Gasteiger partial charge in [0.1, 0.15) is 11.3 Å². The first-order chi connectivity index (χ1) is 14.4. The second-order valence-electron chi connectivity index (χ2n) is 7.51. The quantitative estimate of drug-likeness (QED) is 0.483. The minimum atomic E-state index is -0.779. The molecule has 1 fully saturated rings. The van der Waals surface area contributed by atoms with Gasteiger partial charge in [0.05, 0.1) is 5.02 Å². The van der Waals surface area contributed by atoms with Crippen LogP contribution in [0, 0.1) is 0 Å². The fourth-order valence-corrected chi connectivity index (χ4v) is 3.81. The lowest BCUT2D eigenvalue weighted by Crippen LogP contribution is -2.38. The Kier molecular flexibility index (Phi) is 7.37. The van der Waals surface area contributed by atoms with Crippen molar-refractivity contribution in [3.63, 3.8) is 0 Å². The molecule has 7 nitrogen and oxygen atoms in total. The van der Waals surface area contributed by atoms with Gasteiger partial charge in [0.25, 0.3) is 5.91 Å². The number of ether oxygens (including phenoxy) is 1. The summed E-state index contributed by atoms with van der Waals surface area (Å²) in [6.45, 7) is 5.55. The lowest BCUT2D eigenvalue weighted by Gasteiger charge is -2.18. The zero-order valence-corrected chi connectivity index (χ0v) is 18.1. The summed E-state index contributed by atoms with van der Waals surface area (Å²) in [4.78, 5) is 37.6. The molecule has 162 valence electrons. The molecule has 1 aromatic carbocycles. The topological polar surface area (TPSA) is 88.8 Å². The van der Waals surface area contributed by atoms with Gasteiger partial charge in [-0.05, 0) is 37.8 Å². The third-order valence-electron chi connectivity index (χ3n) is 5.15. The summed E-state index contributed by atoms with van der Waals surface area (Å²) in [6, 6.07) is 4.74. The number of hydrogen-bond acceptors (Lipinski definition) is 5. The molecule has 1 atom stereocenters. The molecule has 2 amide bonds. The molecule has 0 bridgehead atoms. The molecule has 0 saturated carbocycles. The minimum Gasteiger partial charge on any atom is -0.479 e. The van der Waals surface area contributed by atoms with Gasteiger partial charge in [0, 0.05) is 43.6 Å². The Hall–Kier alpha value is -2.54. The van der Waals surface area contributed by atoms with Crippen molar-refractivity contribution in [3.8, 4) is 5.75 Å². The summed E-state index contributed by atoms with van der Waals surface area (Å²) >= 11 is 6.36. The SMILES string of the molecule is CCCc1cc(=O)oc2cc(O[C@H](C)C(=O)NCCCN3CCCC3=O)c(Cl)cc12. The summed E-state index contributed by atoms with van der Waals surface area (Å²) in [5, 5.41) is 3.93. The van der Waals surface area contributed by atoms with Crippen molar-refractivity contribution in [2.45, 2.75) is 52.1 Å². The third-order valence-corrected chi connectivity index (χ3v) is 5.45. The van der Waals surface area contributed by atoms with Crippen LogP contribution in [0.2, 0.25) is 5.02 Å². The van der Waals surface area contributed by atoms with Crippen LogP contribution in [0.3, 0.4) is 0 Å². The van der Waals surface area contributed by atoms with E-state index in [1.807, 2.05) is 11.8 Å².